The van der Waals surface area contributed by atoms with Crippen molar-refractivity contribution in [2.45, 2.75) is 110 Å². The Balaban J connectivity index is 0. The summed E-state index contributed by atoms with van der Waals surface area (Å²) in [5.41, 5.74) is -0.248. The zero-order chi connectivity index (χ0) is 49.7. The molecule has 0 spiro atoms. The molecule has 0 aliphatic rings. The van der Waals surface area contributed by atoms with Gasteiger partial charge in [-0.15, -0.1) is 0 Å². The molecule has 0 radical (unpaired) electrons. The SMILES string of the molecule is CC(C)(C)c1ccc(C(O)(c2ccc(C(C)(C)C)cc2C(C)(C)C)C(CO)(CO)CO)c(C(C)(C)C)c1.O=P(O)(O)OP(=O)(O)O.OCC(CO)(CO)CO.OP(O)OP(O)O. The second-order valence-corrected chi connectivity index (χ2v) is 23.0. The predicted molar refractivity (Wildman–Crippen MR) is 234 cm³/mol. The van der Waals surface area contributed by atoms with Crippen molar-refractivity contribution in [2.24, 2.45) is 10.8 Å². The predicted octanol–water partition coefficient (Wildman–Crippen LogP) is 2.63. The summed E-state index contributed by atoms with van der Waals surface area (Å²) in [6, 6.07) is 12.2. The molecule has 2 rings (SSSR count). The van der Waals surface area contributed by atoms with Gasteiger partial charge >= 0.3 is 32.9 Å². The van der Waals surface area contributed by atoms with Gasteiger partial charge in [0.1, 0.15) is 5.60 Å². The van der Waals surface area contributed by atoms with Crippen LogP contribution in [0.4, 0.5) is 0 Å². The number of phosphoric acid groups is 2. The summed E-state index contributed by atoms with van der Waals surface area (Å²) in [5.74, 6) is 0. The smallest absolute Gasteiger partial charge is 0.396 e. The maximum atomic E-state index is 13.1. The van der Waals surface area contributed by atoms with Gasteiger partial charge in [-0.25, -0.2) is 13.4 Å². The summed E-state index contributed by atoms with van der Waals surface area (Å²) >= 11 is 0. The van der Waals surface area contributed by atoms with E-state index in [1.807, 2.05) is 24.3 Å². The first-order chi connectivity index (χ1) is 27.7. The number of hydrogen-bond donors (Lipinski definition) is 16. The van der Waals surface area contributed by atoms with Crippen molar-refractivity contribution in [3.63, 3.8) is 0 Å². The first kappa shape index (κ1) is 63.1. The highest BCUT2D eigenvalue weighted by atomic mass is 31.3. The van der Waals surface area contributed by atoms with Gasteiger partial charge in [-0.1, -0.05) is 119 Å². The lowest BCUT2D eigenvalue weighted by atomic mass is 9.60. The zero-order valence-corrected chi connectivity index (χ0v) is 41.1. The van der Waals surface area contributed by atoms with Crippen molar-refractivity contribution in [1.29, 1.82) is 0 Å². The Bertz CT molecular complexity index is 1600. The molecule has 20 nitrogen and oxygen atoms in total. The second-order valence-electron chi connectivity index (χ2n) is 18.8. The molecule has 0 aliphatic carbocycles. The van der Waals surface area contributed by atoms with E-state index in [2.05, 4.69) is 104 Å². The topological polar surface area (TPSA) is 376 Å². The third-order valence-electron chi connectivity index (χ3n) is 9.54. The Morgan fingerprint density at radius 2 is 0.742 bits per heavy atom. The van der Waals surface area contributed by atoms with Crippen LogP contribution in [0.15, 0.2) is 36.4 Å². The summed E-state index contributed by atoms with van der Waals surface area (Å²) in [7, 11) is -15.3. The molecule has 0 saturated heterocycles. The molecule has 2 aromatic carbocycles. The van der Waals surface area contributed by atoms with Crippen molar-refractivity contribution in [3.05, 3.63) is 69.8 Å². The Kier molecular flexibility index (Phi) is 25.2. The van der Waals surface area contributed by atoms with Crippen LogP contribution in [-0.2, 0) is 45.0 Å². The van der Waals surface area contributed by atoms with Gasteiger partial charge in [0.05, 0.1) is 57.1 Å². The fraction of sp³-hybridized carbons (Fsp3) is 0.684. The van der Waals surface area contributed by atoms with Crippen LogP contribution in [0.5, 0.6) is 0 Å². The van der Waals surface area contributed by atoms with E-state index in [4.69, 9.17) is 59.6 Å². The van der Waals surface area contributed by atoms with Gasteiger partial charge in [0, 0.05) is 0 Å². The molecule has 0 aromatic heterocycles. The van der Waals surface area contributed by atoms with Crippen molar-refractivity contribution >= 4 is 32.9 Å². The summed E-state index contributed by atoms with van der Waals surface area (Å²) in [4.78, 5) is 62.3. The van der Waals surface area contributed by atoms with Crippen LogP contribution in [0.2, 0.25) is 0 Å². The first-order valence-electron chi connectivity index (χ1n) is 18.8. The molecule has 0 heterocycles. The average molecular weight is 973 g/mol. The summed E-state index contributed by atoms with van der Waals surface area (Å²) in [6.07, 6.45) is 0. The quantitative estimate of drug-likeness (QED) is 0.121. The van der Waals surface area contributed by atoms with E-state index in [0.717, 1.165) is 22.3 Å². The molecule has 364 valence electrons. The van der Waals surface area contributed by atoms with Gasteiger partial charge in [-0.05, 0) is 55.0 Å². The Hall–Kier alpha value is -0.960. The highest BCUT2D eigenvalue weighted by molar-refractivity contribution is 7.60. The van der Waals surface area contributed by atoms with E-state index in [1.165, 1.54) is 0 Å². The van der Waals surface area contributed by atoms with Crippen LogP contribution in [0.1, 0.15) is 116 Å². The fourth-order valence-electron chi connectivity index (χ4n) is 5.61. The Morgan fingerprint density at radius 3 is 0.871 bits per heavy atom. The summed E-state index contributed by atoms with van der Waals surface area (Å²) < 4.78 is 25.8. The van der Waals surface area contributed by atoms with E-state index in [9.17, 15) is 29.6 Å². The number of rotatable bonds is 14. The fourth-order valence-corrected chi connectivity index (χ4v) is 7.24. The van der Waals surface area contributed by atoms with Gasteiger partial charge in [0.25, 0.3) is 0 Å². The molecule has 0 fully saturated rings. The van der Waals surface area contributed by atoms with Crippen molar-refractivity contribution in [2.75, 3.05) is 46.2 Å². The molecule has 0 saturated carbocycles. The van der Waals surface area contributed by atoms with Crippen molar-refractivity contribution < 1.29 is 97.8 Å². The van der Waals surface area contributed by atoms with Gasteiger partial charge < -0.3 is 80.0 Å². The number of aliphatic hydroxyl groups is 8. The van der Waals surface area contributed by atoms with Crippen LogP contribution in [0.25, 0.3) is 0 Å². The molecule has 0 atom stereocenters. The Morgan fingerprint density at radius 1 is 0.468 bits per heavy atom. The number of benzene rings is 2. The van der Waals surface area contributed by atoms with Crippen molar-refractivity contribution in [1.82, 2.24) is 0 Å². The average Bonchev–Trinajstić information content (AvgIpc) is 3.10. The van der Waals surface area contributed by atoms with Crippen LogP contribution in [0, 0.1) is 10.8 Å². The molecular weight excluding hydrogens is 900 g/mol. The summed E-state index contributed by atoms with van der Waals surface area (Å²) in [6.45, 7) is 22.1. The van der Waals surface area contributed by atoms with Crippen LogP contribution in [-0.4, -0.2) is 126 Å². The highest BCUT2D eigenvalue weighted by Gasteiger charge is 2.55. The van der Waals surface area contributed by atoms with Gasteiger partial charge in [0.15, 0.2) is 0 Å². The van der Waals surface area contributed by atoms with Crippen LogP contribution < -0.4 is 0 Å². The largest absolute Gasteiger partial charge is 0.478 e. The molecule has 2 aromatic rings. The third-order valence-corrected chi connectivity index (χ3v) is 12.4. The lowest BCUT2D eigenvalue weighted by molar-refractivity contribution is -0.137. The maximum Gasteiger partial charge on any atom is 0.478 e. The molecule has 0 bridgehead atoms. The van der Waals surface area contributed by atoms with Gasteiger partial charge in [-0.3, -0.25) is 0 Å². The van der Waals surface area contributed by atoms with E-state index < -0.39 is 95.5 Å². The van der Waals surface area contributed by atoms with Gasteiger partial charge in [-0.2, -0.15) is 4.31 Å². The summed E-state index contributed by atoms with van der Waals surface area (Å²) in [5, 5.41) is 79.2. The number of hydrogen-bond acceptors (Lipinski definition) is 16. The normalized spacial score (nSPS) is 13.5. The minimum absolute atomic E-state index is 0.108. The molecule has 0 aliphatic heterocycles. The van der Waals surface area contributed by atoms with Crippen molar-refractivity contribution in [3.8, 4) is 0 Å². The Labute approximate surface area is 367 Å². The molecule has 24 heteroatoms. The molecular formula is C38H72O20P4. The minimum atomic E-state index is -5.05. The molecule has 16 N–H and O–H groups in total. The van der Waals surface area contributed by atoms with Crippen LogP contribution in [0.3, 0.4) is 0 Å². The first-order valence-corrected chi connectivity index (χ1v) is 24.2. The highest BCUT2D eigenvalue weighted by Crippen LogP contribution is 2.54. The molecule has 62 heavy (non-hydrogen) atoms. The molecule has 0 unspecified atom stereocenters. The lowest BCUT2D eigenvalue weighted by Gasteiger charge is -2.49. The zero-order valence-electron chi connectivity index (χ0n) is 37.5. The van der Waals surface area contributed by atoms with E-state index in [1.54, 1.807) is 0 Å². The second kappa shape index (κ2) is 24.7. The van der Waals surface area contributed by atoms with E-state index >= 15 is 0 Å². The third kappa shape index (κ3) is 19.5. The van der Waals surface area contributed by atoms with E-state index in [0.29, 0.717) is 11.1 Å². The monoisotopic (exact) mass is 972 g/mol. The number of aliphatic hydroxyl groups excluding tert-OH is 7. The van der Waals surface area contributed by atoms with E-state index in [-0.39, 0.29) is 21.7 Å². The maximum absolute atomic E-state index is 13.1. The lowest BCUT2D eigenvalue weighted by Crippen LogP contribution is -2.55. The van der Waals surface area contributed by atoms with Gasteiger partial charge in [0.2, 0.25) is 0 Å². The van der Waals surface area contributed by atoms with Crippen LogP contribution >= 0.6 is 32.9 Å². The standard InChI is InChI=1S/C33H52O4.C5H12O4.H4O7P2.H4O5P2/c1-28(2,3)22-13-15-24(26(17-22)30(7,8)9)33(37,32(19-34,20-35)21-36)25-16-14-23(29(4,5)6)18-27(25)31(10,11)12;6-1-5(2-7,3-8)4-9;1-8(2,3)7-9(4,5)6;1-6(2)5-7(3)4/h13-18,34-37H,19-21H2,1-12H3;6-9H,1-4H2;(H2,1,2,3)(H2,4,5,6);1-4H. The minimum Gasteiger partial charge on any atom is -0.396 e. The molecule has 0 amide bonds.